The molecular formula is C26H23Si. The van der Waals surface area contributed by atoms with Gasteiger partial charge >= 0.3 is 0 Å². The van der Waals surface area contributed by atoms with E-state index in [0.29, 0.717) is 5.92 Å². The molecule has 0 saturated carbocycles. The highest BCUT2D eigenvalue weighted by atomic mass is 28.3. The molecule has 1 radical (unpaired) electrons. The summed E-state index contributed by atoms with van der Waals surface area (Å²) in [7, 11) is -0.893. The predicted molar refractivity (Wildman–Crippen MR) is 117 cm³/mol. The van der Waals surface area contributed by atoms with Crippen LogP contribution < -0.4 is 10.4 Å². The Labute approximate surface area is 163 Å². The summed E-state index contributed by atoms with van der Waals surface area (Å²) in [5, 5.41) is 2.95. The predicted octanol–water partition coefficient (Wildman–Crippen LogP) is 5.13. The highest BCUT2D eigenvalue weighted by Crippen LogP contribution is 2.29. The third-order valence-electron chi connectivity index (χ3n) is 5.06. The van der Waals surface area contributed by atoms with E-state index in [1.165, 1.54) is 21.5 Å². The first kappa shape index (κ1) is 17.5. The molecule has 0 aromatic heterocycles. The lowest BCUT2D eigenvalue weighted by atomic mass is 9.93. The number of hydrogen-bond acceptors (Lipinski definition) is 0. The fourth-order valence-corrected chi connectivity index (χ4v) is 6.56. The van der Waals surface area contributed by atoms with Gasteiger partial charge in [0, 0.05) is 5.92 Å². The number of hydrogen-bond donors (Lipinski definition) is 0. The summed E-state index contributed by atoms with van der Waals surface area (Å²) < 4.78 is 0. The van der Waals surface area contributed by atoms with Crippen LogP contribution in [0.4, 0.5) is 0 Å². The first-order valence-electron chi connectivity index (χ1n) is 9.48. The minimum absolute atomic E-state index is 0.404. The average molecular weight is 364 g/mol. The van der Waals surface area contributed by atoms with Crippen molar-refractivity contribution < 1.29 is 0 Å². The Morgan fingerprint density at radius 3 is 1.15 bits per heavy atom. The molecule has 1 heteroatoms. The van der Waals surface area contributed by atoms with Crippen LogP contribution in [-0.4, -0.2) is 8.80 Å². The monoisotopic (exact) mass is 363 g/mol. The van der Waals surface area contributed by atoms with Gasteiger partial charge in [0.2, 0.25) is 0 Å². The lowest BCUT2D eigenvalue weighted by Gasteiger charge is -2.24. The molecular weight excluding hydrogens is 340 g/mol. The van der Waals surface area contributed by atoms with Crippen molar-refractivity contribution >= 4 is 19.2 Å². The van der Waals surface area contributed by atoms with Crippen molar-refractivity contribution in [1.29, 1.82) is 0 Å². The molecule has 0 spiro atoms. The molecule has 0 unspecified atom stereocenters. The van der Waals surface area contributed by atoms with Crippen LogP contribution in [0, 0.1) is 0 Å². The molecule has 0 nitrogen and oxygen atoms in total. The molecule has 0 N–H and O–H groups in total. The molecule has 0 aliphatic rings. The molecule has 0 fully saturated rings. The zero-order valence-electron chi connectivity index (χ0n) is 15.3. The van der Waals surface area contributed by atoms with Crippen LogP contribution in [0.25, 0.3) is 0 Å². The molecule has 0 bridgehead atoms. The molecule has 131 valence electrons. The first-order valence-corrected chi connectivity index (χ1v) is 11.2. The minimum Gasteiger partial charge on any atom is -0.0628 e. The molecule has 4 aromatic rings. The third-order valence-corrected chi connectivity index (χ3v) is 7.93. The summed E-state index contributed by atoms with van der Waals surface area (Å²) in [4.78, 5) is 0. The van der Waals surface area contributed by atoms with Crippen LogP contribution in [0.15, 0.2) is 121 Å². The minimum atomic E-state index is -0.893. The second-order valence-electron chi connectivity index (χ2n) is 6.79. The molecule has 0 heterocycles. The Balaban J connectivity index is 1.77. The van der Waals surface area contributed by atoms with Gasteiger partial charge in [0.05, 0.1) is 0 Å². The van der Waals surface area contributed by atoms with Crippen LogP contribution in [0.1, 0.15) is 17.0 Å². The zero-order valence-corrected chi connectivity index (χ0v) is 16.3. The molecule has 0 aliphatic heterocycles. The van der Waals surface area contributed by atoms with Crippen molar-refractivity contribution in [3.63, 3.8) is 0 Å². The van der Waals surface area contributed by atoms with Crippen LogP contribution in [0.2, 0.25) is 6.04 Å². The summed E-state index contributed by atoms with van der Waals surface area (Å²) in [6.07, 6.45) is 0. The Bertz CT molecular complexity index is 774. The maximum atomic E-state index is 2.30. The summed E-state index contributed by atoms with van der Waals surface area (Å²) in [6.45, 7) is 0. The van der Waals surface area contributed by atoms with E-state index >= 15 is 0 Å². The Hall–Kier alpha value is -2.90. The van der Waals surface area contributed by atoms with E-state index in [2.05, 4.69) is 121 Å². The first-order chi connectivity index (χ1) is 13.4. The van der Waals surface area contributed by atoms with Gasteiger partial charge in [-0.15, -0.1) is 0 Å². The fourth-order valence-electron chi connectivity index (χ4n) is 3.68. The van der Waals surface area contributed by atoms with Crippen molar-refractivity contribution in [3.05, 3.63) is 132 Å². The fraction of sp³-hybridized carbons (Fsp3) is 0.0769. The van der Waals surface area contributed by atoms with Gasteiger partial charge in [0.25, 0.3) is 0 Å². The smallest absolute Gasteiger partial charge is 0.0628 e. The van der Waals surface area contributed by atoms with Gasteiger partial charge in [-0.3, -0.25) is 0 Å². The second-order valence-corrected chi connectivity index (χ2v) is 9.31. The van der Waals surface area contributed by atoms with Crippen LogP contribution in [0.5, 0.6) is 0 Å². The van der Waals surface area contributed by atoms with Gasteiger partial charge in [0.1, 0.15) is 8.80 Å². The SMILES string of the molecule is c1ccc(C(C[Si](c2ccccc2)c2ccccc2)c2ccccc2)cc1. The summed E-state index contributed by atoms with van der Waals surface area (Å²) >= 11 is 0. The van der Waals surface area contributed by atoms with Crippen molar-refractivity contribution in [1.82, 2.24) is 0 Å². The Morgan fingerprint density at radius 1 is 0.444 bits per heavy atom. The standard InChI is InChI=1S/C26H23Si/c1-5-13-22(14-6-1)26(23-15-7-2-8-16-23)21-27(24-17-9-3-10-18-24)25-19-11-4-12-20-25/h1-20,26H,21H2. The van der Waals surface area contributed by atoms with Crippen molar-refractivity contribution in [2.24, 2.45) is 0 Å². The Kier molecular flexibility index (Phi) is 5.61. The van der Waals surface area contributed by atoms with E-state index in [0.717, 1.165) is 6.04 Å². The highest BCUT2D eigenvalue weighted by molar-refractivity contribution is 6.85. The van der Waals surface area contributed by atoms with Crippen LogP contribution in [-0.2, 0) is 0 Å². The van der Waals surface area contributed by atoms with Crippen LogP contribution >= 0.6 is 0 Å². The normalized spacial score (nSPS) is 11.0. The van der Waals surface area contributed by atoms with Crippen molar-refractivity contribution in [2.45, 2.75) is 12.0 Å². The lowest BCUT2D eigenvalue weighted by molar-refractivity contribution is 0.911. The van der Waals surface area contributed by atoms with E-state index < -0.39 is 8.80 Å². The quantitative estimate of drug-likeness (QED) is 0.417. The topological polar surface area (TPSA) is 0 Å². The molecule has 0 atom stereocenters. The van der Waals surface area contributed by atoms with E-state index in [-0.39, 0.29) is 0 Å². The summed E-state index contributed by atoms with van der Waals surface area (Å²) in [5.74, 6) is 0.404. The maximum Gasteiger partial charge on any atom is 0.122 e. The van der Waals surface area contributed by atoms with Gasteiger partial charge in [-0.2, -0.15) is 0 Å². The van der Waals surface area contributed by atoms with E-state index in [1.807, 2.05) is 0 Å². The molecule has 27 heavy (non-hydrogen) atoms. The molecule has 0 saturated heterocycles. The molecule has 0 aliphatic carbocycles. The van der Waals surface area contributed by atoms with Crippen LogP contribution in [0.3, 0.4) is 0 Å². The summed E-state index contributed by atoms with van der Waals surface area (Å²) in [6, 6.07) is 45.2. The highest BCUT2D eigenvalue weighted by Gasteiger charge is 2.24. The van der Waals surface area contributed by atoms with Gasteiger partial charge in [-0.25, -0.2) is 0 Å². The largest absolute Gasteiger partial charge is 0.122 e. The van der Waals surface area contributed by atoms with Gasteiger partial charge in [-0.1, -0.05) is 132 Å². The maximum absolute atomic E-state index is 2.30. The number of benzene rings is 4. The molecule has 4 rings (SSSR count). The zero-order chi connectivity index (χ0) is 18.3. The third kappa shape index (κ3) is 4.26. The lowest BCUT2D eigenvalue weighted by Crippen LogP contribution is -2.43. The number of rotatable bonds is 6. The van der Waals surface area contributed by atoms with E-state index in [1.54, 1.807) is 0 Å². The van der Waals surface area contributed by atoms with Crippen molar-refractivity contribution in [2.75, 3.05) is 0 Å². The average Bonchev–Trinajstić information content (AvgIpc) is 2.77. The van der Waals surface area contributed by atoms with Gasteiger partial charge in [0.15, 0.2) is 0 Å². The van der Waals surface area contributed by atoms with E-state index in [9.17, 15) is 0 Å². The van der Waals surface area contributed by atoms with Gasteiger partial charge < -0.3 is 0 Å². The second kappa shape index (κ2) is 8.66. The van der Waals surface area contributed by atoms with Gasteiger partial charge in [-0.05, 0) is 17.2 Å². The summed E-state index contributed by atoms with van der Waals surface area (Å²) in [5.41, 5.74) is 2.80. The molecule has 0 amide bonds. The Morgan fingerprint density at radius 2 is 0.778 bits per heavy atom. The van der Waals surface area contributed by atoms with E-state index in [4.69, 9.17) is 0 Å². The molecule has 4 aromatic carbocycles. The van der Waals surface area contributed by atoms with Crippen molar-refractivity contribution in [3.8, 4) is 0 Å².